The lowest BCUT2D eigenvalue weighted by Gasteiger charge is -2.45. The fourth-order valence-corrected chi connectivity index (χ4v) is 7.00. The molecular weight excluding hydrogens is 527 g/mol. The van der Waals surface area contributed by atoms with Crippen LogP contribution in [-0.2, 0) is 20.4 Å². The fourth-order valence-electron chi connectivity index (χ4n) is 4.93. The normalized spacial score (nSPS) is 26.2. The van der Waals surface area contributed by atoms with E-state index < -0.39 is 21.8 Å². The maximum Gasteiger partial charge on any atom is 0.421 e. The fraction of sp³-hybridized carbons (Fsp3) is 0.560. The van der Waals surface area contributed by atoms with Gasteiger partial charge in [0.25, 0.3) is 0 Å². The average Bonchev–Trinajstić information content (AvgIpc) is 2.83. The van der Waals surface area contributed by atoms with Crippen LogP contribution in [0.25, 0.3) is 0 Å². The van der Waals surface area contributed by atoms with E-state index in [0.29, 0.717) is 49.8 Å². The van der Waals surface area contributed by atoms with E-state index in [4.69, 9.17) is 17.0 Å². The summed E-state index contributed by atoms with van der Waals surface area (Å²) in [6, 6.07) is 5.40. The minimum absolute atomic E-state index is 0.0473. The molecule has 1 aromatic rings. The highest BCUT2D eigenvalue weighted by atomic mass is 32.2. The first-order valence-electron chi connectivity index (χ1n) is 12.2. The van der Waals surface area contributed by atoms with Crippen molar-refractivity contribution in [2.75, 3.05) is 50.8 Å². The molecule has 4 rings (SSSR count). The Hall–Kier alpha value is -1.83. The summed E-state index contributed by atoms with van der Waals surface area (Å²) in [7, 11) is -3.79. The smallest absolute Gasteiger partial charge is 0.376 e. The highest BCUT2D eigenvalue weighted by molar-refractivity contribution is 7.96. The van der Waals surface area contributed by atoms with Gasteiger partial charge >= 0.3 is 6.18 Å². The Labute approximate surface area is 221 Å². The van der Waals surface area contributed by atoms with E-state index in [1.807, 2.05) is 17.9 Å². The Kier molecular flexibility index (Phi) is 8.18. The minimum Gasteiger partial charge on any atom is -0.376 e. The molecule has 2 saturated heterocycles. The molecule has 204 valence electrons. The average molecular weight is 560 g/mol. The van der Waals surface area contributed by atoms with E-state index in [1.54, 1.807) is 18.2 Å². The number of alkyl halides is 3. The number of anilines is 1. The van der Waals surface area contributed by atoms with E-state index in [1.165, 1.54) is 22.5 Å². The van der Waals surface area contributed by atoms with Gasteiger partial charge in [0.15, 0.2) is 5.60 Å². The SMILES string of the molecule is C[C@@H]1CN(C[C@@H]2CN(S(=O)(=O)C3=CC=CCC3=S)CCN2c2ccc(C(C)(O)C(F)(F)F)cc2)CCO1. The summed E-state index contributed by atoms with van der Waals surface area (Å²) in [5.41, 5.74) is -2.56. The molecule has 0 amide bonds. The quantitative estimate of drug-likeness (QED) is 0.537. The van der Waals surface area contributed by atoms with Crippen LogP contribution in [0.2, 0.25) is 0 Å². The van der Waals surface area contributed by atoms with Crippen LogP contribution < -0.4 is 4.90 Å². The molecule has 2 fully saturated rings. The van der Waals surface area contributed by atoms with Crippen molar-refractivity contribution in [2.24, 2.45) is 0 Å². The summed E-state index contributed by atoms with van der Waals surface area (Å²) in [5.74, 6) is 0. The van der Waals surface area contributed by atoms with Gasteiger partial charge in [0, 0.05) is 56.2 Å². The Morgan fingerprint density at radius 3 is 2.46 bits per heavy atom. The Morgan fingerprint density at radius 1 is 1.14 bits per heavy atom. The van der Waals surface area contributed by atoms with Crippen LogP contribution in [0, 0.1) is 0 Å². The van der Waals surface area contributed by atoms with Gasteiger partial charge in [-0.2, -0.15) is 17.5 Å². The summed E-state index contributed by atoms with van der Waals surface area (Å²) in [6.07, 6.45) is 0.699. The molecule has 1 unspecified atom stereocenters. The molecule has 3 atom stereocenters. The van der Waals surface area contributed by atoms with Crippen LogP contribution in [0.1, 0.15) is 25.8 Å². The second-order valence-corrected chi connectivity index (χ2v) is 12.3. The summed E-state index contributed by atoms with van der Waals surface area (Å²) in [5, 5.41) is 10.0. The molecule has 7 nitrogen and oxygen atoms in total. The Bertz CT molecular complexity index is 1170. The number of halogens is 3. The van der Waals surface area contributed by atoms with E-state index in [9.17, 15) is 26.7 Å². The minimum atomic E-state index is -4.81. The molecule has 1 N–H and O–H groups in total. The third-order valence-electron chi connectivity index (χ3n) is 7.13. The van der Waals surface area contributed by atoms with Gasteiger partial charge in [0.2, 0.25) is 10.0 Å². The van der Waals surface area contributed by atoms with Crippen LogP contribution in [-0.4, -0.2) is 91.8 Å². The maximum atomic E-state index is 13.5. The van der Waals surface area contributed by atoms with Crippen molar-refractivity contribution in [3.05, 3.63) is 53.0 Å². The third-order valence-corrected chi connectivity index (χ3v) is 9.60. The standard InChI is InChI=1S/C25H32F3N3O4S2/c1-18-15-29(13-14-35-18)16-21-17-30(37(33,34)23-6-4-3-5-22(23)36)11-12-31(21)20-9-7-19(8-10-20)24(2,32)25(26,27)28/h3-4,6-10,18,21,32H,5,11-17H2,1-2H3/t18-,21-,24?/m1/s1. The van der Waals surface area contributed by atoms with E-state index in [0.717, 1.165) is 6.92 Å². The van der Waals surface area contributed by atoms with E-state index in [2.05, 4.69) is 4.90 Å². The van der Waals surface area contributed by atoms with Crippen molar-refractivity contribution in [3.8, 4) is 0 Å². The van der Waals surface area contributed by atoms with Crippen LogP contribution in [0.15, 0.2) is 47.4 Å². The third kappa shape index (κ3) is 5.94. The number of hydrogen-bond donors (Lipinski definition) is 1. The van der Waals surface area contributed by atoms with Crippen LogP contribution >= 0.6 is 12.2 Å². The maximum absolute atomic E-state index is 13.5. The lowest BCUT2D eigenvalue weighted by molar-refractivity contribution is -0.258. The van der Waals surface area contributed by atoms with Crippen LogP contribution in [0.5, 0.6) is 0 Å². The van der Waals surface area contributed by atoms with Crippen LogP contribution in [0.4, 0.5) is 18.9 Å². The Morgan fingerprint density at radius 2 is 1.84 bits per heavy atom. The molecular formula is C25H32F3N3O4S2. The van der Waals surface area contributed by atoms with Gasteiger partial charge in [-0.1, -0.05) is 36.5 Å². The van der Waals surface area contributed by atoms with Crippen LogP contribution in [0.3, 0.4) is 0 Å². The molecule has 0 spiro atoms. The van der Waals surface area contributed by atoms with E-state index in [-0.39, 0.29) is 35.7 Å². The molecule has 2 heterocycles. The summed E-state index contributed by atoms with van der Waals surface area (Å²) >= 11 is 5.33. The first-order chi connectivity index (χ1) is 17.3. The number of benzene rings is 1. The van der Waals surface area contributed by atoms with Gasteiger partial charge in [-0.05, 0) is 37.6 Å². The predicted molar refractivity (Wildman–Crippen MR) is 140 cm³/mol. The second-order valence-electron chi connectivity index (χ2n) is 9.85. The van der Waals surface area contributed by atoms with Crippen molar-refractivity contribution in [1.29, 1.82) is 0 Å². The number of sulfonamides is 1. The zero-order valence-corrected chi connectivity index (χ0v) is 22.4. The second kappa shape index (κ2) is 10.7. The van der Waals surface area contributed by atoms with Gasteiger partial charge in [-0.25, -0.2) is 8.42 Å². The zero-order valence-electron chi connectivity index (χ0n) is 20.8. The molecule has 12 heteroatoms. The number of hydrogen-bond acceptors (Lipinski definition) is 7. The number of morpholine rings is 1. The van der Waals surface area contributed by atoms with Gasteiger partial charge in [0.1, 0.15) is 0 Å². The largest absolute Gasteiger partial charge is 0.421 e. The van der Waals surface area contributed by atoms with Gasteiger partial charge in [-0.15, -0.1) is 0 Å². The topological polar surface area (TPSA) is 73.3 Å². The number of allylic oxidation sites excluding steroid dienone is 4. The number of nitrogens with zero attached hydrogens (tertiary/aromatic N) is 3. The first kappa shape index (κ1) is 28.2. The molecule has 3 aliphatic rings. The monoisotopic (exact) mass is 559 g/mol. The predicted octanol–water partition coefficient (Wildman–Crippen LogP) is 3.21. The lowest BCUT2D eigenvalue weighted by Crippen LogP contribution is -2.59. The highest BCUT2D eigenvalue weighted by Crippen LogP contribution is 2.39. The number of thiocarbonyl (C=S) groups is 1. The van der Waals surface area contributed by atoms with Crippen molar-refractivity contribution in [3.63, 3.8) is 0 Å². The first-order valence-corrected chi connectivity index (χ1v) is 14.1. The number of piperazine rings is 1. The number of rotatable bonds is 6. The molecule has 0 aromatic heterocycles. The molecule has 2 aliphatic heterocycles. The molecule has 1 aliphatic carbocycles. The molecule has 0 radical (unpaired) electrons. The molecule has 37 heavy (non-hydrogen) atoms. The van der Waals surface area contributed by atoms with Crippen molar-refractivity contribution >= 4 is 32.8 Å². The summed E-state index contributed by atoms with van der Waals surface area (Å²) in [4.78, 5) is 4.79. The number of aliphatic hydroxyl groups is 1. The molecule has 1 aromatic carbocycles. The van der Waals surface area contributed by atoms with Gasteiger partial charge in [-0.3, -0.25) is 4.90 Å². The lowest BCUT2D eigenvalue weighted by atomic mass is 9.95. The summed E-state index contributed by atoms with van der Waals surface area (Å²) < 4.78 is 74.0. The number of ether oxygens (including phenoxy) is 1. The Balaban J connectivity index is 1.60. The highest BCUT2D eigenvalue weighted by Gasteiger charge is 2.51. The zero-order chi connectivity index (χ0) is 27.0. The molecule has 0 bridgehead atoms. The van der Waals surface area contributed by atoms with Gasteiger partial charge < -0.3 is 14.7 Å². The van der Waals surface area contributed by atoms with Crippen molar-refractivity contribution in [1.82, 2.24) is 9.21 Å². The van der Waals surface area contributed by atoms with Crippen molar-refractivity contribution in [2.45, 2.75) is 44.2 Å². The summed E-state index contributed by atoms with van der Waals surface area (Å²) in [6.45, 7) is 6.03. The van der Waals surface area contributed by atoms with E-state index >= 15 is 0 Å². The molecule has 0 saturated carbocycles. The van der Waals surface area contributed by atoms with Gasteiger partial charge in [0.05, 0.1) is 23.7 Å². The van der Waals surface area contributed by atoms with Crippen molar-refractivity contribution < 1.29 is 31.4 Å².